The zero-order valence-electron chi connectivity index (χ0n) is 37.4. The van der Waals surface area contributed by atoms with Crippen LogP contribution in [0, 0.1) is 11.8 Å². The van der Waals surface area contributed by atoms with Crippen LogP contribution in [0.3, 0.4) is 0 Å². The van der Waals surface area contributed by atoms with Crippen molar-refractivity contribution in [3.63, 3.8) is 0 Å². The van der Waals surface area contributed by atoms with Crippen LogP contribution in [0.1, 0.15) is 194 Å². The first kappa shape index (κ1) is 52.3. The third-order valence-electron chi connectivity index (χ3n) is 11.7. The summed E-state index contributed by atoms with van der Waals surface area (Å²) in [4.78, 5) is 52.4. The van der Waals surface area contributed by atoms with Gasteiger partial charge in [0.15, 0.2) is 0 Å². The van der Waals surface area contributed by atoms with Crippen molar-refractivity contribution >= 4 is 23.6 Å². The minimum absolute atomic E-state index is 0.00999. The number of hydrogen-bond donors (Lipinski definition) is 2. The Balaban J connectivity index is 2.19. The zero-order chi connectivity index (χ0) is 41.9. The molecule has 0 aromatic rings. The van der Waals surface area contributed by atoms with Crippen molar-refractivity contribution in [2.45, 2.75) is 206 Å². The van der Waals surface area contributed by atoms with Crippen LogP contribution in [0.5, 0.6) is 0 Å². The van der Waals surface area contributed by atoms with Crippen LogP contribution < -0.4 is 10.6 Å². The fraction of sp³-hybridized carbons (Fsp3) is 0.833. The molecule has 0 saturated heterocycles. The summed E-state index contributed by atoms with van der Waals surface area (Å²) in [6.45, 7) is 13.5. The summed E-state index contributed by atoms with van der Waals surface area (Å²) in [5.74, 6) is 2.13. The van der Waals surface area contributed by atoms with Gasteiger partial charge >= 0.3 is 0 Å². The molecule has 4 amide bonds. The van der Waals surface area contributed by atoms with Crippen molar-refractivity contribution in [2.24, 2.45) is 11.8 Å². The lowest BCUT2D eigenvalue weighted by Crippen LogP contribution is -2.35. The maximum atomic E-state index is 12.6. The Morgan fingerprint density at radius 3 is 1.44 bits per heavy atom. The normalized spacial score (nSPS) is 14.0. The van der Waals surface area contributed by atoms with Gasteiger partial charge in [0.25, 0.3) is 0 Å². The van der Waals surface area contributed by atoms with Crippen LogP contribution in [0.15, 0.2) is 25.3 Å². The molecule has 2 unspecified atom stereocenters. The molecule has 9 heteroatoms. The van der Waals surface area contributed by atoms with E-state index in [1.807, 2.05) is 36.0 Å². The Kier molecular flexibility index (Phi) is 32.4. The summed E-state index contributed by atoms with van der Waals surface area (Å²) in [6, 6.07) is 0.261. The van der Waals surface area contributed by atoms with Crippen LogP contribution in [0.2, 0.25) is 0 Å². The number of nitrogens with zero attached hydrogens (tertiary/aromatic N) is 2. The standard InChI is InChI=1S/C48H88N4O5/c1-7-9-24-36-51(5)47(55)29-23-19-14-12-11-13-17-21-27-45(49-41(3)53)34-38-57-39-35-46(50-42(4)54)28-22-18-15-16-20-26-43(40-44-30-31-44)32-33-48(56)52(6)37-25-10-8-2/h7-8,43-46H,1-2,9-40H2,3-6H3,(H,49,53)(H,50,54)/t43?,45?,46-/m1/s1. The number of hydrogen-bond acceptors (Lipinski definition) is 5. The molecule has 0 radical (unpaired) electrons. The van der Waals surface area contributed by atoms with E-state index in [0.29, 0.717) is 32.0 Å². The van der Waals surface area contributed by atoms with E-state index in [-0.39, 0.29) is 35.7 Å². The van der Waals surface area contributed by atoms with Crippen LogP contribution in [-0.2, 0) is 23.9 Å². The molecule has 1 rings (SSSR count). The minimum Gasteiger partial charge on any atom is -0.381 e. The smallest absolute Gasteiger partial charge is 0.222 e. The topological polar surface area (TPSA) is 108 Å². The lowest BCUT2D eigenvalue weighted by molar-refractivity contribution is -0.131. The van der Waals surface area contributed by atoms with E-state index in [1.165, 1.54) is 83.5 Å². The number of carbonyl (C=O) groups excluding carboxylic acids is 4. The van der Waals surface area contributed by atoms with E-state index in [9.17, 15) is 19.2 Å². The summed E-state index contributed by atoms with van der Waals surface area (Å²) in [6.07, 6.45) is 34.0. The molecular formula is C48H88N4O5. The van der Waals surface area contributed by atoms with E-state index in [4.69, 9.17) is 4.74 Å². The number of amides is 4. The van der Waals surface area contributed by atoms with Crippen molar-refractivity contribution in [3.8, 4) is 0 Å². The number of allylic oxidation sites excluding steroid dienone is 2. The third kappa shape index (κ3) is 31.9. The van der Waals surface area contributed by atoms with E-state index >= 15 is 0 Å². The quantitative estimate of drug-likeness (QED) is 0.0474. The van der Waals surface area contributed by atoms with Gasteiger partial charge in [-0.05, 0) is 82.5 Å². The third-order valence-corrected chi connectivity index (χ3v) is 11.7. The van der Waals surface area contributed by atoms with Gasteiger partial charge in [-0.1, -0.05) is 108 Å². The van der Waals surface area contributed by atoms with Crippen LogP contribution in [0.4, 0.5) is 0 Å². The van der Waals surface area contributed by atoms with Crippen molar-refractivity contribution in [1.82, 2.24) is 20.4 Å². The molecule has 57 heavy (non-hydrogen) atoms. The van der Waals surface area contributed by atoms with Gasteiger partial charge in [0.1, 0.15) is 0 Å². The van der Waals surface area contributed by atoms with E-state index in [0.717, 1.165) is 102 Å². The van der Waals surface area contributed by atoms with Crippen LogP contribution >= 0.6 is 0 Å². The highest BCUT2D eigenvalue weighted by molar-refractivity contribution is 5.76. The minimum atomic E-state index is 0.00999. The molecule has 0 aromatic heterocycles. The fourth-order valence-corrected chi connectivity index (χ4v) is 7.90. The summed E-state index contributed by atoms with van der Waals surface area (Å²) >= 11 is 0. The lowest BCUT2D eigenvalue weighted by atomic mass is 9.90. The highest BCUT2D eigenvalue weighted by atomic mass is 16.5. The van der Waals surface area contributed by atoms with Crippen molar-refractivity contribution < 1.29 is 23.9 Å². The highest BCUT2D eigenvalue weighted by Crippen LogP contribution is 2.38. The summed E-state index contributed by atoms with van der Waals surface area (Å²) in [5.41, 5.74) is 0. The number of unbranched alkanes of at least 4 members (excludes halogenated alkanes) is 13. The molecule has 0 heterocycles. The predicted octanol–water partition coefficient (Wildman–Crippen LogP) is 10.5. The second-order valence-corrected chi connectivity index (χ2v) is 17.3. The average Bonchev–Trinajstić information content (AvgIpc) is 4.00. The van der Waals surface area contributed by atoms with Gasteiger partial charge in [0.2, 0.25) is 23.6 Å². The molecule has 0 bridgehead atoms. The number of rotatable bonds is 40. The van der Waals surface area contributed by atoms with Crippen molar-refractivity contribution in [1.29, 1.82) is 0 Å². The number of ether oxygens (including phenoxy) is 1. The molecule has 0 spiro atoms. The van der Waals surface area contributed by atoms with Gasteiger partial charge in [-0.25, -0.2) is 0 Å². The van der Waals surface area contributed by atoms with Gasteiger partial charge < -0.3 is 25.2 Å². The molecule has 1 aliphatic carbocycles. The van der Waals surface area contributed by atoms with Crippen molar-refractivity contribution in [3.05, 3.63) is 25.3 Å². The Labute approximate surface area is 350 Å². The van der Waals surface area contributed by atoms with E-state index < -0.39 is 0 Å². The second-order valence-electron chi connectivity index (χ2n) is 17.3. The molecule has 1 fully saturated rings. The maximum Gasteiger partial charge on any atom is 0.222 e. The molecule has 0 aliphatic heterocycles. The summed E-state index contributed by atoms with van der Waals surface area (Å²) in [5, 5.41) is 6.26. The molecule has 330 valence electrons. The highest BCUT2D eigenvalue weighted by Gasteiger charge is 2.26. The molecule has 2 N–H and O–H groups in total. The zero-order valence-corrected chi connectivity index (χ0v) is 37.4. The molecular weight excluding hydrogens is 713 g/mol. The first-order chi connectivity index (χ1) is 27.5. The molecule has 1 aliphatic rings. The summed E-state index contributed by atoms with van der Waals surface area (Å²) < 4.78 is 6.02. The first-order valence-electron chi connectivity index (χ1n) is 23.4. The van der Waals surface area contributed by atoms with E-state index in [2.05, 4.69) is 23.8 Å². The van der Waals surface area contributed by atoms with Gasteiger partial charge in [0, 0.05) is 79.2 Å². The van der Waals surface area contributed by atoms with Gasteiger partial charge in [0.05, 0.1) is 0 Å². The fourth-order valence-electron chi connectivity index (χ4n) is 7.90. The Bertz CT molecular complexity index is 1080. The lowest BCUT2D eigenvalue weighted by Gasteiger charge is -2.20. The second kappa shape index (κ2) is 35.3. The maximum absolute atomic E-state index is 12.6. The molecule has 9 nitrogen and oxygen atoms in total. The monoisotopic (exact) mass is 801 g/mol. The number of nitrogens with one attached hydrogen (secondary N) is 2. The molecule has 3 atom stereocenters. The van der Waals surface area contributed by atoms with Crippen molar-refractivity contribution in [2.75, 3.05) is 40.4 Å². The Morgan fingerprint density at radius 1 is 0.579 bits per heavy atom. The van der Waals surface area contributed by atoms with Crippen LogP contribution in [-0.4, -0.2) is 85.9 Å². The largest absolute Gasteiger partial charge is 0.381 e. The Morgan fingerprint density at radius 2 is 1.00 bits per heavy atom. The SMILES string of the molecule is C=CCCCN(C)C(=O)CCCCCCCCCCC(CCOCC[C@@H](CCCCCCCC(CCC(=O)N(C)CCCC=C)CC1CC1)NC(C)=O)NC(C)=O. The van der Waals surface area contributed by atoms with Crippen LogP contribution in [0.25, 0.3) is 0 Å². The average molecular weight is 801 g/mol. The first-order valence-corrected chi connectivity index (χ1v) is 23.4. The van der Waals surface area contributed by atoms with Gasteiger partial charge in [-0.2, -0.15) is 0 Å². The summed E-state index contributed by atoms with van der Waals surface area (Å²) in [7, 11) is 3.84. The predicted molar refractivity (Wildman–Crippen MR) is 238 cm³/mol. The number of carbonyl (C=O) groups is 4. The molecule has 0 aromatic carbocycles. The van der Waals surface area contributed by atoms with Gasteiger partial charge in [-0.15, -0.1) is 13.2 Å². The van der Waals surface area contributed by atoms with E-state index in [1.54, 1.807) is 13.8 Å². The molecule has 1 saturated carbocycles. The Hall–Kier alpha value is -2.68. The van der Waals surface area contributed by atoms with Gasteiger partial charge in [-0.3, -0.25) is 19.2 Å².